The molecular formula is C31H42N6O8. The van der Waals surface area contributed by atoms with E-state index in [1.54, 1.807) is 31.2 Å². The fraction of sp³-hybridized carbons (Fsp3) is 0.548. The predicted octanol–water partition coefficient (Wildman–Crippen LogP) is 2.35. The number of hydrogen-bond donors (Lipinski definition) is 3. The van der Waals surface area contributed by atoms with Gasteiger partial charge in [-0.15, -0.1) is 0 Å². The van der Waals surface area contributed by atoms with E-state index in [1.165, 1.54) is 20.5 Å². The molecule has 2 heterocycles. The maximum absolute atomic E-state index is 13.5. The first kappa shape index (κ1) is 33.3. The second-order valence-corrected chi connectivity index (χ2v) is 11.1. The number of unbranched alkanes of at least 4 members (excludes halogenated alkanes) is 1. The average molecular weight is 627 g/mol. The number of carbonyl (C=O) groups excluding carboxylic acids is 4. The number of piperazine rings is 1. The number of hydrogen-bond acceptors (Lipinski definition) is 8. The van der Waals surface area contributed by atoms with Gasteiger partial charge in [-0.3, -0.25) is 19.2 Å². The number of nitrogens with zero attached hydrogens (tertiary/aromatic N) is 4. The van der Waals surface area contributed by atoms with Crippen molar-refractivity contribution in [3.8, 4) is 11.6 Å². The third kappa shape index (κ3) is 8.31. The van der Waals surface area contributed by atoms with Gasteiger partial charge in [-0.25, -0.2) is 9.48 Å². The van der Waals surface area contributed by atoms with Gasteiger partial charge in [0.15, 0.2) is 11.3 Å². The van der Waals surface area contributed by atoms with Crippen LogP contribution in [0, 0.1) is 0 Å². The van der Waals surface area contributed by atoms with Crippen LogP contribution in [-0.4, -0.2) is 105 Å². The molecular weight excluding hydrogens is 584 g/mol. The summed E-state index contributed by atoms with van der Waals surface area (Å²) in [5, 5.41) is 19.4. The lowest BCUT2D eigenvalue weighted by Crippen LogP contribution is -2.56. The minimum absolute atomic E-state index is 0.0602. The topological polar surface area (TPSA) is 172 Å². The third-order valence-electron chi connectivity index (χ3n) is 7.97. The fourth-order valence-electron chi connectivity index (χ4n) is 5.22. The minimum Gasteiger partial charge on any atom is -0.481 e. The van der Waals surface area contributed by atoms with E-state index in [0.717, 1.165) is 19.3 Å². The lowest BCUT2D eigenvalue weighted by molar-refractivity contribution is -0.145. The normalized spacial score (nSPS) is 16.2. The molecule has 1 aromatic heterocycles. The first-order valence-corrected chi connectivity index (χ1v) is 15.5. The van der Waals surface area contributed by atoms with Gasteiger partial charge in [0.2, 0.25) is 11.8 Å². The zero-order valence-corrected chi connectivity index (χ0v) is 25.8. The molecule has 1 aliphatic carbocycles. The molecule has 2 fully saturated rings. The molecule has 14 nitrogen and oxygen atoms in total. The van der Waals surface area contributed by atoms with Gasteiger partial charge in [0.1, 0.15) is 6.04 Å². The number of benzene rings is 1. The highest BCUT2D eigenvalue weighted by molar-refractivity contribution is 5.96. The number of para-hydroxylation sites is 1. The lowest BCUT2D eigenvalue weighted by Gasteiger charge is -2.39. The van der Waals surface area contributed by atoms with Crippen LogP contribution >= 0.6 is 0 Å². The van der Waals surface area contributed by atoms with Crippen LogP contribution in [-0.2, 0) is 19.1 Å². The number of carboxylic acids is 1. The van der Waals surface area contributed by atoms with Crippen molar-refractivity contribution in [2.75, 3.05) is 39.3 Å². The molecule has 4 rings (SSSR count). The summed E-state index contributed by atoms with van der Waals surface area (Å²) in [5.41, 5.74) is -0.542. The summed E-state index contributed by atoms with van der Waals surface area (Å²) in [5.74, 6) is -2.28. The Labute approximate surface area is 262 Å². The van der Waals surface area contributed by atoms with E-state index >= 15 is 0 Å². The molecule has 1 saturated carbocycles. The van der Waals surface area contributed by atoms with Crippen LogP contribution in [0.4, 0.5) is 4.79 Å². The van der Waals surface area contributed by atoms with E-state index in [2.05, 4.69) is 15.7 Å². The summed E-state index contributed by atoms with van der Waals surface area (Å²) in [4.78, 5) is 66.6. The third-order valence-corrected chi connectivity index (χ3v) is 7.97. The van der Waals surface area contributed by atoms with Crippen LogP contribution in [0.1, 0.15) is 69.3 Å². The van der Waals surface area contributed by atoms with Crippen molar-refractivity contribution in [3.05, 3.63) is 42.1 Å². The zero-order valence-electron chi connectivity index (χ0n) is 25.8. The van der Waals surface area contributed by atoms with Gasteiger partial charge in [0.25, 0.3) is 11.8 Å². The second-order valence-electron chi connectivity index (χ2n) is 11.1. The minimum atomic E-state index is -1.14. The van der Waals surface area contributed by atoms with E-state index < -0.39 is 35.5 Å². The van der Waals surface area contributed by atoms with E-state index in [1.807, 2.05) is 13.0 Å². The molecule has 1 aliphatic heterocycles. The second kappa shape index (κ2) is 15.4. The Morgan fingerprint density at radius 1 is 1.02 bits per heavy atom. The number of nitrogens with one attached hydrogen (secondary N) is 2. The van der Waals surface area contributed by atoms with Gasteiger partial charge in [-0.2, -0.15) is 5.10 Å². The smallest absolute Gasteiger partial charge is 0.409 e. The van der Waals surface area contributed by atoms with E-state index in [0.29, 0.717) is 25.1 Å². The molecule has 1 unspecified atom stereocenters. The number of carboxylic acid groups (broad SMARTS) is 1. The first-order valence-electron chi connectivity index (χ1n) is 15.5. The summed E-state index contributed by atoms with van der Waals surface area (Å²) in [6.07, 6.45) is 2.68. The van der Waals surface area contributed by atoms with E-state index in [9.17, 15) is 29.1 Å². The molecule has 244 valence electrons. The van der Waals surface area contributed by atoms with Crippen molar-refractivity contribution in [1.82, 2.24) is 30.2 Å². The van der Waals surface area contributed by atoms with Crippen molar-refractivity contribution in [1.29, 1.82) is 0 Å². The molecule has 1 saturated heterocycles. The largest absolute Gasteiger partial charge is 0.481 e. The van der Waals surface area contributed by atoms with Crippen LogP contribution in [0.3, 0.4) is 0 Å². The fourth-order valence-corrected chi connectivity index (χ4v) is 5.22. The lowest BCUT2D eigenvalue weighted by atomic mass is 9.79. The maximum atomic E-state index is 13.5. The number of rotatable bonds is 14. The van der Waals surface area contributed by atoms with Crippen molar-refractivity contribution in [3.63, 3.8) is 0 Å². The van der Waals surface area contributed by atoms with Gasteiger partial charge >= 0.3 is 12.1 Å². The summed E-state index contributed by atoms with van der Waals surface area (Å²) >= 11 is 0. The number of carbonyl (C=O) groups is 5. The highest BCUT2D eigenvalue weighted by Crippen LogP contribution is 2.38. The molecule has 1 atom stereocenters. The average Bonchev–Trinajstić information content (AvgIpc) is 3.45. The Kier molecular flexibility index (Phi) is 11.4. The number of ether oxygens (including phenoxy) is 2. The van der Waals surface area contributed by atoms with Crippen molar-refractivity contribution >= 4 is 29.8 Å². The molecule has 4 amide bonds. The molecule has 14 heteroatoms. The van der Waals surface area contributed by atoms with Gasteiger partial charge in [0, 0.05) is 45.2 Å². The van der Waals surface area contributed by atoms with Crippen molar-refractivity contribution in [2.45, 2.75) is 70.4 Å². The van der Waals surface area contributed by atoms with Gasteiger partial charge in [-0.1, -0.05) is 31.5 Å². The monoisotopic (exact) mass is 626 g/mol. The molecule has 1 aromatic carbocycles. The molecule has 0 radical (unpaired) electrons. The summed E-state index contributed by atoms with van der Waals surface area (Å²) in [6.45, 7) is 5.44. The summed E-state index contributed by atoms with van der Waals surface area (Å²) in [7, 11) is 0. The standard InChI is InChI=1S/C31H42N6O8/c1-3-5-16-32-29(42)31(14-9-15-31)45-25-21-24(34-37(25)22-10-7-6-8-11-22)27(40)33-23(12-13-26(38)39)28(41)35-17-19-36(20-18-35)30(43)44-4-2/h6-8,10-11,21,23H,3-5,9,12-20H2,1-2H3,(H,32,42)(H,33,40)(H,38,39). The van der Waals surface area contributed by atoms with Gasteiger partial charge < -0.3 is 35.0 Å². The van der Waals surface area contributed by atoms with E-state index in [-0.39, 0.29) is 63.1 Å². The van der Waals surface area contributed by atoms with Crippen molar-refractivity contribution < 1.29 is 38.6 Å². The quantitative estimate of drug-likeness (QED) is 0.266. The highest BCUT2D eigenvalue weighted by atomic mass is 16.6. The van der Waals surface area contributed by atoms with Crippen LogP contribution in [0.25, 0.3) is 5.69 Å². The van der Waals surface area contributed by atoms with Crippen LogP contribution < -0.4 is 15.4 Å². The number of aliphatic carboxylic acids is 1. The summed E-state index contributed by atoms with van der Waals surface area (Å²) < 4.78 is 12.8. The van der Waals surface area contributed by atoms with Gasteiger partial charge in [0.05, 0.1) is 12.3 Å². The van der Waals surface area contributed by atoms with E-state index in [4.69, 9.17) is 9.47 Å². The summed E-state index contributed by atoms with van der Waals surface area (Å²) in [6, 6.07) is 9.30. The Balaban J connectivity index is 1.53. The van der Waals surface area contributed by atoms with Crippen LogP contribution in [0.15, 0.2) is 36.4 Å². The zero-order chi connectivity index (χ0) is 32.4. The first-order chi connectivity index (χ1) is 21.7. The number of amides is 4. The Morgan fingerprint density at radius 2 is 1.71 bits per heavy atom. The molecule has 45 heavy (non-hydrogen) atoms. The Hall–Kier alpha value is -4.62. The molecule has 0 spiro atoms. The SMILES string of the molecule is CCCCNC(=O)C1(Oc2cc(C(=O)NC(CCC(=O)O)C(=O)N3CCN(C(=O)OCC)CC3)nn2-c2ccccc2)CCC1. The maximum Gasteiger partial charge on any atom is 0.409 e. The predicted molar refractivity (Wildman–Crippen MR) is 162 cm³/mol. The van der Waals surface area contributed by atoms with Crippen LogP contribution in [0.5, 0.6) is 5.88 Å². The van der Waals surface area contributed by atoms with Crippen molar-refractivity contribution in [2.24, 2.45) is 0 Å². The van der Waals surface area contributed by atoms with Gasteiger partial charge in [-0.05, 0) is 51.2 Å². The number of aromatic nitrogens is 2. The Morgan fingerprint density at radius 3 is 2.31 bits per heavy atom. The van der Waals surface area contributed by atoms with Crippen LogP contribution in [0.2, 0.25) is 0 Å². The Bertz CT molecular complexity index is 1350. The molecule has 2 aliphatic rings. The highest BCUT2D eigenvalue weighted by Gasteiger charge is 2.47. The molecule has 2 aromatic rings. The molecule has 3 N–H and O–H groups in total. The molecule has 0 bridgehead atoms.